The summed E-state index contributed by atoms with van der Waals surface area (Å²) in [5.41, 5.74) is 2.59. The second-order valence-corrected chi connectivity index (χ2v) is 5.02. The van der Waals surface area contributed by atoms with Crippen LogP contribution in [0, 0.1) is 0 Å². The Hall–Kier alpha value is -1.39. The number of hydrogen-bond acceptors (Lipinski definition) is 3. The van der Waals surface area contributed by atoms with Crippen LogP contribution in [0.4, 0.5) is 0 Å². The van der Waals surface area contributed by atoms with Crippen LogP contribution in [0.25, 0.3) is 0 Å². The fraction of sp³-hybridized carbons (Fsp3) is 0.533. The molecule has 1 unspecified atom stereocenters. The van der Waals surface area contributed by atoms with E-state index in [4.69, 9.17) is 0 Å². The van der Waals surface area contributed by atoms with Crippen molar-refractivity contribution in [3.05, 3.63) is 35.4 Å². The maximum absolute atomic E-state index is 10.8. The number of rotatable bonds is 5. The van der Waals surface area contributed by atoms with Gasteiger partial charge in [-0.25, -0.2) is 0 Å². The summed E-state index contributed by atoms with van der Waals surface area (Å²) < 4.78 is 0. The number of carbonyl (C=O) groups is 1. The molecule has 0 aromatic heterocycles. The minimum Gasteiger partial charge on any atom is -0.394 e. The van der Waals surface area contributed by atoms with Gasteiger partial charge in [-0.3, -0.25) is 9.69 Å². The second-order valence-electron chi connectivity index (χ2n) is 5.02. The van der Waals surface area contributed by atoms with Crippen LogP contribution in [0.1, 0.15) is 30.5 Å². The monoisotopic (exact) mass is 262 g/mol. The Kier molecular flexibility index (Phi) is 4.93. The lowest BCUT2D eigenvalue weighted by Crippen LogP contribution is -2.39. The van der Waals surface area contributed by atoms with E-state index in [1.165, 1.54) is 18.1 Å². The van der Waals surface area contributed by atoms with Gasteiger partial charge in [-0.05, 0) is 24.0 Å². The molecule has 1 aromatic rings. The smallest absolute Gasteiger partial charge is 0.216 e. The Morgan fingerprint density at radius 3 is 3.00 bits per heavy atom. The van der Waals surface area contributed by atoms with Crippen molar-refractivity contribution in [2.75, 3.05) is 26.2 Å². The van der Waals surface area contributed by atoms with E-state index in [2.05, 4.69) is 28.4 Å². The van der Waals surface area contributed by atoms with E-state index < -0.39 is 0 Å². The molecule has 1 atom stereocenters. The van der Waals surface area contributed by atoms with Crippen LogP contribution < -0.4 is 5.32 Å². The molecule has 1 amide bonds. The standard InChI is InChI=1S/C15H22N2O2/c1-12(19)16-8-4-9-17-10-7-13-5-2-3-6-14(13)15(17)11-18/h2-3,5-6,15,18H,4,7-11H2,1H3,(H,16,19). The molecule has 2 N–H and O–H groups in total. The van der Waals surface area contributed by atoms with Gasteiger partial charge < -0.3 is 10.4 Å². The summed E-state index contributed by atoms with van der Waals surface area (Å²) in [5, 5.41) is 12.5. The van der Waals surface area contributed by atoms with Crippen LogP contribution in [0.5, 0.6) is 0 Å². The average molecular weight is 262 g/mol. The minimum absolute atomic E-state index is 0.0164. The van der Waals surface area contributed by atoms with Gasteiger partial charge in [-0.2, -0.15) is 0 Å². The number of nitrogens with zero attached hydrogens (tertiary/aromatic N) is 1. The van der Waals surface area contributed by atoms with Crippen LogP contribution in [-0.4, -0.2) is 42.2 Å². The first kappa shape index (κ1) is 14.0. The molecule has 1 aromatic carbocycles. The van der Waals surface area contributed by atoms with E-state index in [0.717, 1.165) is 25.9 Å². The second kappa shape index (κ2) is 6.68. The third-order valence-corrected chi connectivity index (χ3v) is 3.69. The zero-order valence-corrected chi connectivity index (χ0v) is 11.4. The lowest BCUT2D eigenvalue weighted by atomic mass is 9.93. The van der Waals surface area contributed by atoms with Crippen molar-refractivity contribution >= 4 is 5.91 Å². The van der Waals surface area contributed by atoms with Gasteiger partial charge in [0.2, 0.25) is 5.91 Å². The maximum Gasteiger partial charge on any atom is 0.216 e. The molecular formula is C15H22N2O2. The fourth-order valence-electron chi connectivity index (χ4n) is 2.73. The summed E-state index contributed by atoms with van der Waals surface area (Å²) in [6, 6.07) is 8.44. The predicted molar refractivity (Wildman–Crippen MR) is 74.8 cm³/mol. The molecule has 0 bridgehead atoms. The molecule has 0 saturated carbocycles. The van der Waals surface area contributed by atoms with E-state index in [1.807, 2.05) is 6.07 Å². The molecule has 0 saturated heterocycles. The molecule has 4 nitrogen and oxygen atoms in total. The van der Waals surface area contributed by atoms with Gasteiger partial charge in [0.1, 0.15) is 0 Å². The van der Waals surface area contributed by atoms with Crippen molar-refractivity contribution in [1.82, 2.24) is 10.2 Å². The van der Waals surface area contributed by atoms with Crippen LogP contribution in [0.3, 0.4) is 0 Å². The molecule has 0 radical (unpaired) electrons. The number of carbonyl (C=O) groups excluding carboxylic acids is 1. The van der Waals surface area contributed by atoms with Gasteiger partial charge in [0.05, 0.1) is 12.6 Å². The van der Waals surface area contributed by atoms with E-state index in [-0.39, 0.29) is 18.6 Å². The highest BCUT2D eigenvalue weighted by molar-refractivity contribution is 5.72. The molecular weight excluding hydrogens is 240 g/mol. The Bertz CT molecular complexity index is 434. The molecule has 1 aliphatic rings. The fourth-order valence-corrected chi connectivity index (χ4v) is 2.73. The topological polar surface area (TPSA) is 52.6 Å². The first-order chi connectivity index (χ1) is 9.22. The SMILES string of the molecule is CC(=O)NCCCN1CCc2ccccc2C1CO. The number of aliphatic hydroxyl groups is 1. The van der Waals surface area contributed by atoms with Crippen LogP contribution in [0.2, 0.25) is 0 Å². The van der Waals surface area contributed by atoms with Gasteiger partial charge in [0, 0.05) is 26.6 Å². The molecule has 0 fully saturated rings. The first-order valence-electron chi connectivity index (χ1n) is 6.89. The van der Waals surface area contributed by atoms with Crippen LogP contribution in [-0.2, 0) is 11.2 Å². The lowest BCUT2D eigenvalue weighted by Gasteiger charge is -2.36. The zero-order chi connectivity index (χ0) is 13.7. The number of benzene rings is 1. The number of nitrogens with one attached hydrogen (secondary N) is 1. The molecule has 4 heteroatoms. The largest absolute Gasteiger partial charge is 0.394 e. The maximum atomic E-state index is 10.8. The molecule has 1 heterocycles. The number of aliphatic hydroxyl groups excluding tert-OH is 1. The van der Waals surface area contributed by atoms with Gasteiger partial charge >= 0.3 is 0 Å². The molecule has 1 aliphatic heterocycles. The predicted octanol–water partition coefficient (Wildman–Crippen LogP) is 1.10. The van der Waals surface area contributed by atoms with Gasteiger partial charge in [0.15, 0.2) is 0 Å². The van der Waals surface area contributed by atoms with Gasteiger partial charge in [-0.1, -0.05) is 24.3 Å². The Balaban J connectivity index is 1.94. The van der Waals surface area contributed by atoms with Crippen molar-refractivity contribution in [2.24, 2.45) is 0 Å². The van der Waals surface area contributed by atoms with Crippen molar-refractivity contribution in [3.63, 3.8) is 0 Å². The molecule has 19 heavy (non-hydrogen) atoms. The molecule has 0 aliphatic carbocycles. The third kappa shape index (κ3) is 3.55. The van der Waals surface area contributed by atoms with Crippen molar-refractivity contribution in [3.8, 4) is 0 Å². The first-order valence-corrected chi connectivity index (χ1v) is 6.89. The summed E-state index contributed by atoms with van der Waals surface area (Å²) >= 11 is 0. The Morgan fingerprint density at radius 2 is 2.26 bits per heavy atom. The molecule has 2 rings (SSSR count). The quantitative estimate of drug-likeness (QED) is 0.781. The highest BCUT2D eigenvalue weighted by Gasteiger charge is 2.25. The highest BCUT2D eigenvalue weighted by Crippen LogP contribution is 2.29. The van der Waals surface area contributed by atoms with E-state index in [0.29, 0.717) is 6.54 Å². The van der Waals surface area contributed by atoms with Crippen molar-refractivity contribution in [1.29, 1.82) is 0 Å². The summed E-state index contributed by atoms with van der Waals surface area (Å²) in [5.74, 6) is 0.0164. The van der Waals surface area contributed by atoms with Gasteiger partial charge in [-0.15, -0.1) is 0 Å². The van der Waals surface area contributed by atoms with E-state index in [1.54, 1.807) is 0 Å². The molecule has 104 valence electrons. The van der Waals surface area contributed by atoms with E-state index >= 15 is 0 Å². The Morgan fingerprint density at radius 1 is 1.47 bits per heavy atom. The van der Waals surface area contributed by atoms with Gasteiger partial charge in [0.25, 0.3) is 0 Å². The number of fused-ring (bicyclic) bond motifs is 1. The summed E-state index contributed by atoms with van der Waals surface area (Å²) in [6.07, 6.45) is 1.95. The Labute approximate surface area is 114 Å². The van der Waals surface area contributed by atoms with Crippen LogP contribution >= 0.6 is 0 Å². The summed E-state index contributed by atoms with van der Waals surface area (Å²) in [7, 11) is 0. The van der Waals surface area contributed by atoms with Crippen molar-refractivity contribution < 1.29 is 9.90 Å². The van der Waals surface area contributed by atoms with Crippen molar-refractivity contribution in [2.45, 2.75) is 25.8 Å². The summed E-state index contributed by atoms with van der Waals surface area (Å²) in [4.78, 5) is 13.1. The van der Waals surface area contributed by atoms with Crippen LogP contribution in [0.15, 0.2) is 24.3 Å². The number of hydrogen-bond donors (Lipinski definition) is 2. The molecule has 0 spiro atoms. The third-order valence-electron chi connectivity index (χ3n) is 3.69. The number of amides is 1. The lowest BCUT2D eigenvalue weighted by molar-refractivity contribution is -0.118. The summed E-state index contributed by atoms with van der Waals surface area (Å²) in [6.45, 7) is 4.26. The normalized spacial score (nSPS) is 18.9. The minimum atomic E-state index is 0.0164. The average Bonchev–Trinajstić information content (AvgIpc) is 2.42. The zero-order valence-electron chi connectivity index (χ0n) is 11.4. The van der Waals surface area contributed by atoms with E-state index in [9.17, 15) is 9.90 Å². The highest BCUT2D eigenvalue weighted by atomic mass is 16.3.